The molecule has 0 atom stereocenters. The Labute approximate surface area is 77.7 Å². The van der Waals surface area contributed by atoms with Crippen molar-refractivity contribution in [3.8, 4) is 0 Å². The molecule has 0 fully saturated rings. The normalized spacial score (nSPS) is 20.0. The summed E-state index contributed by atoms with van der Waals surface area (Å²) in [5.41, 5.74) is 5.78. The molecule has 0 bridgehead atoms. The molecule has 3 rings (SSSR count). The molecule has 0 saturated heterocycles. The van der Waals surface area contributed by atoms with E-state index in [2.05, 4.69) is 9.97 Å². The Kier molecular flexibility index (Phi) is 1.48. The number of rotatable bonds is 0. The Morgan fingerprint density at radius 3 is 3.08 bits per heavy atom. The average Bonchev–Trinajstić information content (AvgIpc) is 2.65. The highest BCUT2D eigenvalue weighted by Crippen LogP contribution is 2.39. The third-order valence-electron chi connectivity index (χ3n) is 3.10. The SMILES string of the molecule is c1ncc2c(n1)C1=C(CCC1)CC2. The third-order valence-corrected chi connectivity index (χ3v) is 3.10. The number of aryl methyl sites for hydroxylation is 1. The number of hydrogen-bond donors (Lipinski definition) is 0. The summed E-state index contributed by atoms with van der Waals surface area (Å²) in [7, 11) is 0. The van der Waals surface area contributed by atoms with Crippen LogP contribution in [-0.2, 0) is 6.42 Å². The van der Waals surface area contributed by atoms with Crippen molar-refractivity contribution in [2.24, 2.45) is 0 Å². The average molecular weight is 172 g/mol. The minimum absolute atomic E-state index is 1.15. The molecule has 0 aliphatic heterocycles. The molecule has 2 aliphatic rings. The van der Waals surface area contributed by atoms with Crippen molar-refractivity contribution in [3.05, 3.63) is 29.4 Å². The van der Waals surface area contributed by atoms with Crippen LogP contribution in [-0.4, -0.2) is 9.97 Å². The van der Waals surface area contributed by atoms with Crippen LogP contribution in [0.5, 0.6) is 0 Å². The summed E-state index contributed by atoms with van der Waals surface area (Å²) in [4.78, 5) is 8.47. The summed E-state index contributed by atoms with van der Waals surface area (Å²) < 4.78 is 0. The monoisotopic (exact) mass is 172 g/mol. The molecule has 0 N–H and O–H groups in total. The predicted molar refractivity (Wildman–Crippen MR) is 51.1 cm³/mol. The molecule has 1 heterocycles. The molecule has 0 unspecified atom stereocenters. The lowest BCUT2D eigenvalue weighted by molar-refractivity contribution is 0.838. The molecule has 2 aliphatic carbocycles. The van der Waals surface area contributed by atoms with Crippen LogP contribution in [0.3, 0.4) is 0 Å². The Morgan fingerprint density at radius 1 is 1.08 bits per heavy atom. The Bertz CT molecular complexity index is 379. The van der Waals surface area contributed by atoms with Gasteiger partial charge in [0.25, 0.3) is 0 Å². The molecule has 1 aromatic rings. The van der Waals surface area contributed by atoms with Gasteiger partial charge < -0.3 is 0 Å². The summed E-state index contributed by atoms with van der Waals surface area (Å²) in [6, 6.07) is 0. The molecule has 0 radical (unpaired) electrons. The minimum Gasteiger partial charge on any atom is -0.244 e. The molecule has 0 aromatic carbocycles. The van der Waals surface area contributed by atoms with Gasteiger partial charge in [-0.25, -0.2) is 9.97 Å². The van der Waals surface area contributed by atoms with Crippen LogP contribution in [0, 0.1) is 0 Å². The van der Waals surface area contributed by atoms with Crippen molar-refractivity contribution in [2.45, 2.75) is 32.1 Å². The lowest BCUT2D eigenvalue weighted by Gasteiger charge is -2.16. The maximum atomic E-state index is 4.39. The molecule has 0 spiro atoms. The van der Waals surface area contributed by atoms with Crippen LogP contribution in [0.25, 0.3) is 5.57 Å². The largest absolute Gasteiger partial charge is 0.244 e. The molecular formula is C11H12N2. The lowest BCUT2D eigenvalue weighted by Crippen LogP contribution is -2.04. The van der Waals surface area contributed by atoms with Gasteiger partial charge in [0, 0.05) is 6.20 Å². The van der Waals surface area contributed by atoms with Gasteiger partial charge in [0.1, 0.15) is 6.33 Å². The van der Waals surface area contributed by atoms with Crippen molar-refractivity contribution in [3.63, 3.8) is 0 Å². The molecule has 2 heteroatoms. The van der Waals surface area contributed by atoms with Crippen molar-refractivity contribution < 1.29 is 0 Å². The van der Waals surface area contributed by atoms with Crippen molar-refractivity contribution in [1.29, 1.82) is 0 Å². The van der Waals surface area contributed by atoms with E-state index in [1.54, 1.807) is 11.9 Å². The third kappa shape index (κ3) is 1.01. The molecule has 66 valence electrons. The van der Waals surface area contributed by atoms with Crippen LogP contribution >= 0.6 is 0 Å². The van der Waals surface area contributed by atoms with Crippen molar-refractivity contribution >= 4 is 5.57 Å². The second-order valence-corrected chi connectivity index (χ2v) is 3.83. The second-order valence-electron chi connectivity index (χ2n) is 3.83. The predicted octanol–water partition coefficient (Wildman–Crippen LogP) is 2.36. The van der Waals surface area contributed by atoms with Gasteiger partial charge in [0.05, 0.1) is 5.69 Å². The lowest BCUT2D eigenvalue weighted by atomic mass is 9.92. The van der Waals surface area contributed by atoms with Gasteiger partial charge in [-0.3, -0.25) is 0 Å². The maximum Gasteiger partial charge on any atom is 0.116 e. The first-order valence-electron chi connectivity index (χ1n) is 4.95. The van der Waals surface area contributed by atoms with E-state index in [1.165, 1.54) is 42.5 Å². The van der Waals surface area contributed by atoms with Gasteiger partial charge in [0.2, 0.25) is 0 Å². The number of aromatic nitrogens is 2. The molecular weight excluding hydrogens is 160 g/mol. The van der Waals surface area contributed by atoms with Crippen molar-refractivity contribution in [2.75, 3.05) is 0 Å². The molecule has 0 amide bonds. The number of hydrogen-bond acceptors (Lipinski definition) is 2. The van der Waals surface area contributed by atoms with Crippen LogP contribution in [0.15, 0.2) is 18.1 Å². The van der Waals surface area contributed by atoms with Gasteiger partial charge in [-0.05, 0) is 43.2 Å². The Balaban J connectivity index is 2.18. The quantitative estimate of drug-likeness (QED) is 0.600. The molecule has 2 nitrogen and oxygen atoms in total. The Morgan fingerprint density at radius 2 is 2.08 bits per heavy atom. The fraction of sp³-hybridized carbons (Fsp3) is 0.455. The first-order chi connectivity index (χ1) is 6.45. The van der Waals surface area contributed by atoms with Crippen LogP contribution < -0.4 is 0 Å². The van der Waals surface area contributed by atoms with E-state index in [-0.39, 0.29) is 0 Å². The fourth-order valence-corrected chi connectivity index (χ4v) is 2.47. The smallest absolute Gasteiger partial charge is 0.116 e. The highest BCUT2D eigenvalue weighted by Gasteiger charge is 2.23. The molecule has 13 heavy (non-hydrogen) atoms. The maximum absolute atomic E-state index is 4.39. The van der Waals surface area contributed by atoms with E-state index in [0.29, 0.717) is 0 Å². The van der Waals surface area contributed by atoms with Crippen LogP contribution in [0.4, 0.5) is 0 Å². The Hall–Kier alpha value is -1.18. The summed E-state index contributed by atoms with van der Waals surface area (Å²) in [6.07, 6.45) is 9.91. The highest BCUT2D eigenvalue weighted by atomic mass is 14.8. The van der Waals surface area contributed by atoms with E-state index in [9.17, 15) is 0 Å². The van der Waals surface area contributed by atoms with Gasteiger partial charge in [-0.1, -0.05) is 5.57 Å². The number of nitrogens with zero attached hydrogens (tertiary/aromatic N) is 2. The number of fused-ring (bicyclic) bond motifs is 2. The molecule has 0 saturated carbocycles. The van der Waals surface area contributed by atoms with E-state index >= 15 is 0 Å². The summed E-state index contributed by atoms with van der Waals surface area (Å²) in [5, 5.41) is 0. The molecule has 1 aromatic heterocycles. The zero-order chi connectivity index (χ0) is 8.67. The van der Waals surface area contributed by atoms with Crippen LogP contribution in [0.2, 0.25) is 0 Å². The first kappa shape index (κ1) is 7.25. The highest BCUT2D eigenvalue weighted by molar-refractivity contribution is 5.71. The summed E-state index contributed by atoms with van der Waals surface area (Å²) >= 11 is 0. The topological polar surface area (TPSA) is 25.8 Å². The van der Waals surface area contributed by atoms with Gasteiger partial charge in [0.15, 0.2) is 0 Å². The van der Waals surface area contributed by atoms with Gasteiger partial charge in [-0.15, -0.1) is 0 Å². The first-order valence-corrected chi connectivity index (χ1v) is 4.95. The van der Waals surface area contributed by atoms with Crippen LogP contribution in [0.1, 0.15) is 36.9 Å². The minimum atomic E-state index is 1.15. The second kappa shape index (κ2) is 2.66. The van der Waals surface area contributed by atoms with E-state index in [0.717, 1.165) is 6.42 Å². The van der Waals surface area contributed by atoms with Crippen molar-refractivity contribution in [1.82, 2.24) is 9.97 Å². The van der Waals surface area contributed by atoms with E-state index < -0.39 is 0 Å². The van der Waals surface area contributed by atoms with Gasteiger partial charge >= 0.3 is 0 Å². The van der Waals surface area contributed by atoms with E-state index in [1.807, 2.05) is 6.20 Å². The zero-order valence-corrected chi connectivity index (χ0v) is 7.58. The fourth-order valence-electron chi connectivity index (χ4n) is 2.47. The summed E-state index contributed by atoms with van der Waals surface area (Å²) in [6.45, 7) is 0. The zero-order valence-electron chi connectivity index (χ0n) is 7.58. The number of allylic oxidation sites excluding steroid dienone is 2. The van der Waals surface area contributed by atoms with E-state index in [4.69, 9.17) is 0 Å². The standard InChI is InChI=1S/C11H12N2/c1-2-8-4-5-9-6-12-7-13-11(9)10(8)3-1/h6-7H,1-5H2. The van der Waals surface area contributed by atoms with Gasteiger partial charge in [-0.2, -0.15) is 0 Å². The summed E-state index contributed by atoms with van der Waals surface area (Å²) in [5.74, 6) is 0.